The van der Waals surface area contributed by atoms with Crippen LogP contribution in [0.3, 0.4) is 0 Å². The number of aryl methyl sites for hydroxylation is 1. The number of nitrogen functional groups attached to an aromatic ring is 1. The molecule has 0 spiro atoms. The van der Waals surface area contributed by atoms with Crippen molar-refractivity contribution in [3.8, 4) is 5.88 Å². The summed E-state index contributed by atoms with van der Waals surface area (Å²) in [6.45, 7) is 1.85. The highest BCUT2D eigenvalue weighted by atomic mass is 16.5. The Morgan fingerprint density at radius 2 is 2.00 bits per heavy atom. The number of hydrogen-bond acceptors (Lipinski definition) is 5. The van der Waals surface area contributed by atoms with Crippen LogP contribution in [0.5, 0.6) is 5.88 Å². The van der Waals surface area contributed by atoms with Crippen LogP contribution < -0.4 is 21.3 Å². The zero-order valence-corrected chi connectivity index (χ0v) is 11.3. The Bertz CT molecular complexity index is 611. The average Bonchev–Trinajstić information content (AvgIpc) is 2.47. The van der Waals surface area contributed by atoms with E-state index in [2.05, 4.69) is 15.7 Å². The fraction of sp³-hybridized carbons (Fsp3) is 0.143. The Morgan fingerprint density at radius 1 is 1.25 bits per heavy atom. The Hall–Kier alpha value is -2.60. The van der Waals surface area contributed by atoms with E-state index in [1.165, 1.54) is 7.11 Å². The number of pyridine rings is 1. The molecule has 1 heterocycles. The minimum absolute atomic E-state index is 0.196. The molecular formula is C14H16N4O2. The molecule has 6 heteroatoms. The van der Waals surface area contributed by atoms with Gasteiger partial charge in [0.15, 0.2) is 0 Å². The topological polar surface area (TPSA) is 89.3 Å². The minimum Gasteiger partial charge on any atom is -0.481 e. The van der Waals surface area contributed by atoms with E-state index < -0.39 is 0 Å². The second-order valence-electron chi connectivity index (χ2n) is 4.22. The Balaban J connectivity index is 2.14. The van der Waals surface area contributed by atoms with Crippen molar-refractivity contribution in [2.75, 3.05) is 17.9 Å². The molecular weight excluding hydrogens is 256 g/mol. The third-order valence-electron chi connectivity index (χ3n) is 2.84. The van der Waals surface area contributed by atoms with Crippen molar-refractivity contribution in [1.29, 1.82) is 0 Å². The minimum atomic E-state index is -0.196. The van der Waals surface area contributed by atoms with Gasteiger partial charge in [-0.3, -0.25) is 10.6 Å². The smallest absolute Gasteiger partial charge is 0.255 e. The number of carbonyl (C=O) groups is 1. The largest absolute Gasteiger partial charge is 0.481 e. The van der Waals surface area contributed by atoms with Crippen LogP contribution in [-0.4, -0.2) is 18.0 Å². The van der Waals surface area contributed by atoms with Gasteiger partial charge in [0.1, 0.15) is 0 Å². The summed E-state index contributed by atoms with van der Waals surface area (Å²) in [6.07, 6.45) is 1.54. The lowest BCUT2D eigenvalue weighted by Crippen LogP contribution is -2.14. The molecule has 6 nitrogen and oxygen atoms in total. The lowest BCUT2D eigenvalue weighted by atomic mass is 10.1. The number of benzene rings is 1. The van der Waals surface area contributed by atoms with E-state index in [0.29, 0.717) is 17.1 Å². The number of nitrogens with two attached hydrogens (primary N) is 1. The quantitative estimate of drug-likeness (QED) is 0.584. The van der Waals surface area contributed by atoms with Gasteiger partial charge in [0.05, 0.1) is 19.0 Å². The van der Waals surface area contributed by atoms with Gasteiger partial charge in [0.2, 0.25) is 5.88 Å². The molecule has 2 aromatic rings. The summed E-state index contributed by atoms with van der Waals surface area (Å²) in [5.41, 5.74) is 5.32. The van der Waals surface area contributed by atoms with Crippen LogP contribution in [0.2, 0.25) is 0 Å². The maximum absolute atomic E-state index is 12.2. The molecule has 0 bridgehead atoms. The second-order valence-corrected chi connectivity index (χ2v) is 4.22. The summed E-state index contributed by atoms with van der Waals surface area (Å²) in [5, 5.41) is 2.78. The third-order valence-corrected chi connectivity index (χ3v) is 2.84. The molecule has 1 amide bonds. The highest BCUT2D eigenvalue weighted by Crippen LogP contribution is 2.17. The summed E-state index contributed by atoms with van der Waals surface area (Å²) in [6, 6.07) is 8.69. The fourth-order valence-corrected chi connectivity index (χ4v) is 1.78. The Kier molecular flexibility index (Phi) is 4.17. The molecule has 0 fully saturated rings. The number of hydrogen-bond donors (Lipinski definition) is 3. The highest BCUT2D eigenvalue weighted by molar-refractivity contribution is 6.05. The third kappa shape index (κ3) is 3.04. The van der Waals surface area contributed by atoms with Gasteiger partial charge in [-0.1, -0.05) is 0 Å². The summed E-state index contributed by atoms with van der Waals surface area (Å²) < 4.78 is 4.96. The summed E-state index contributed by atoms with van der Waals surface area (Å²) in [7, 11) is 1.54. The molecule has 20 heavy (non-hydrogen) atoms. The number of aromatic nitrogens is 1. The molecule has 4 N–H and O–H groups in total. The zero-order chi connectivity index (χ0) is 14.5. The number of hydrazine groups is 1. The van der Waals surface area contributed by atoms with Crippen LogP contribution in [0.1, 0.15) is 15.9 Å². The standard InChI is InChI=1S/C14H16N4O2/c1-9-7-10(18-15)3-5-12(9)14(19)17-11-4-6-13(20-2)16-8-11/h3-8,18H,15H2,1-2H3,(H,17,19). The van der Waals surface area contributed by atoms with Crippen molar-refractivity contribution < 1.29 is 9.53 Å². The van der Waals surface area contributed by atoms with Crippen molar-refractivity contribution in [2.45, 2.75) is 6.92 Å². The Morgan fingerprint density at radius 3 is 2.55 bits per heavy atom. The molecule has 0 aliphatic heterocycles. The number of ether oxygens (including phenoxy) is 1. The van der Waals surface area contributed by atoms with Gasteiger partial charge in [-0.25, -0.2) is 4.98 Å². The van der Waals surface area contributed by atoms with Crippen LogP contribution in [0.25, 0.3) is 0 Å². The van der Waals surface area contributed by atoms with Crippen LogP contribution in [-0.2, 0) is 0 Å². The molecule has 0 aliphatic rings. The van der Waals surface area contributed by atoms with Gasteiger partial charge in [0, 0.05) is 17.3 Å². The molecule has 0 saturated heterocycles. The van der Waals surface area contributed by atoms with Gasteiger partial charge in [-0.15, -0.1) is 0 Å². The van der Waals surface area contributed by atoms with Crippen molar-refractivity contribution >= 4 is 17.3 Å². The van der Waals surface area contributed by atoms with Crippen LogP contribution in [0, 0.1) is 6.92 Å². The summed E-state index contributed by atoms with van der Waals surface area (Å²) in [5.74, 6) is 5.63. The van der Waals surface area contributed by atoms with Crippen molar-refractivity contribution in [3.63, 3.8) is 0 Å². The normalized spacial score (nSPS) is 9.95. The predicted octanol–water partition coefficient (Wildman–Crippen LogP) is 1.94. The second kappa shape index (κ2) is 6.03. The summed E-state index contributed by atoms with van der Waals surface area (Å²) >= 11 is 0. The van der Waals surface area contributed by atoms with Crippen molar-refractivity contribution in [2.24, 2.45) is 5.84 Å². The van der Waals surface area contributed by atoms with Gasteiger partial charge in [0.25, 0.3) is 5.91 Å². The van der Waals surface area contributed by atoms with Gasteiger partial charge >= 0.3 is 0 Å². The molecule has 1 aromatic heterocycles. The maximum Gasteiger partial charge on any atom is 0.255 e. The number of anilines is 2. The number of carbonyl (C=O) groups excluding carboxylic acids is 1. The summed E-state index contributed by atoms with van der Waals surface area (Å²) in [4.78, 5) is 16.2. The van der Waals surface area contributed by atoms with Crippen LogP contribution in [0.15, 0.2) is 36.5 Å². The molecule has 0 unspecified atom stereocenters. The molecule has 104 valence electrons. The first-order valence-electron chi connectivity index (χ1n) is 6.02. The number of nitrogens with zero attached hydrogens (tertiary/aromatic N) is 1. The van der Waals surface area contributed by atoms with E-state index in [4.69, 9.17) is 10.6 Å². The number of methoxy groups -OCH3 is 1. The van der Waals surface area contributed by atoms with Gasteiger partial charge < -0.3 is 15.5 Å². The zero-order valence-electron chi connectivity index (χ0n) is 11.3. The number of nitrogens with one attached hydrogen (secondary N) is 2. The SMILES string of the molecule is COc1ccc(NC(=O)c2ccc(NN)cc2C)cn1. The van der Waals surface area contributed by atoms with Crippen LogP contribution >= 0.6 is 0 Å². The van der Waals surface area contributed by atoms with Crippen molar-refractivity contribution in [3.05, 3.63) is 47.7 Å². The first-order chi connectivity index (χ1) is 9.63. The lowest BCUT2D eigenvalue weighted by molar-refractivity contribution is 0.102. The van der Waals surface area contributed by atoms with E-state index in [9.17, 15) is 4.79 Å². The first-order valence-corrected chi connectivity index (χ1v) is 6.02. The molecule has 1 aromatic carbocycles. The van der Waals surface area contributed by atoms with E-state index >= 15 is 0 Å². The van der Waals surface area contributed by atoms with E-state index in [1.54, 1.807) is 36.5 Å². The van der Waals surface area contributed by atoms with E-state index in [-0.39, 0.29) is 5.91 Å². The lowest BCUT2D eigenvalue weighted by Gasteiger charge is -2.09. The first kappa shape index (κ1) is 13.8. The molecule has 2 rings (SSSR count). The molecule has 0 aliphatic carbocycles. The molecule has 0 atom stereocenters. The van der Waals surface area contributed by atoms with Crippen molar-refractivity contribution in [1.82, 2.24) is 4.98 Å². The fourth-order valence-electron chi connectivity index (χ4n) is 1.78. The molecule has 0 saturated carbocycles. The number of rotatable bonds is 4. The van der Waals surface area contributed by atoms with Gasteiger partial charge in [-0.2, -0.15) is 0 Å². The highest BCUT2D eigenvalue weighted by Gasteiger charge is 2.10. The average molecular weight is 272 g/mol. The molecule has 0 radical (unpaired) electrons. The van der Waals surface area contributed by atoms with Crippen LogP contribution in [0.4, 0.5) is 11.4 Å². The number of amides is 1. The maximum atomic E-state index is 12.2. The van der Waals surface area contributed by atoms with E-state index in [0.717, 1.165) is 11.3 Å². The van der Waals surface area contributed by atoms with E-state index in [1.807, 2.05) is 6.92 Å². The monoisotopic (exact) mass is 272 g/mol. The predicted molar refractivity (Wildman–Crippen MR) is 77.7 cm³/mol. The van der Waals surface area contributed by atoms with Gasteiger partial charge in [-0.05, 0) is 36.8 Å². The Labute approximate surface area is 116 Å².